The van der Waals surface area contributed by atoms with Crippen LogP contribution in [0.2, 0.25) is 0 Å². The zero-order chi connectivity index (χ0) is 10.8. The molecule has 4 heteroatoms. The van der Waals surface area contributed by atoms with Gasteiger partial charge in [0.15, 0.2) is 0 Å². The largest absolute Gasteiger partial charge is 0.472 e. The summed E-state index contributed by atoms with van der Waals surface area (Å²) in [6, 6.07) is 2.16. The lowest BCUT2D eigenvalue weighted by molar-refractivity contribution is 0.182. The predicted molar refractivity (Wildman–Crippen MR) is 62.9 cm³/mol. The summed E-state index contributed by atoms with van der Waals surface area (Å²) in [7, 11) is 0. The molecule has 1 aromatic rings. The number of aromatic nitrogens is 1. The topological polar surface area (TPSA) is 48.1 Å². The van der Waals surface area contributed by atoms with Crippen molar-refractivity contribution in [3.63, 3.8) is 0 Å². The normalized spacial score (nSPS) is 25.5. The Morgan fingerprint density at radius 1 is 1.53 bits per heavy atom. The minimum atomic E-state index is 0.122. The van der Waals surface area contributed by atoms with Gasteiger partial charge in [-0.2, -0.15) is 0 Å². The fraction of sp³-hybridized carbons (Fsp3) is 0.545. The van der Waals surface area contributed by atoms with Crippen molar-refractivity contribution >= 4 is 15.9 Å². The van der Waals surface area contributed by atoms with E-state index in [0.717, 1.165) is 29.3 Å². The van der Waals surface area contributed by atoms with E-state index in [2.05, 4.69) is 20.9 Å². The molecular weight excluding hydrogens is 256 g/mol. The smallest absolute Gasteiger partial charge is 0.228 e. The van der Waals surface area contributed by atoms with Gasteiger partial charge in [-0.3, -0.25) is 0 Å². The highest BCUT2D eigenvalue weighted by Gasteiger charge is 2.26. The van der Waals surface area contributed by atoms with Crippen molar-refractivity contribution in [3.05, 3.63) is 22.3 Å². The summed E-state index contributed by atoms with van der Waals surface area (Å²) in [5.74, 6) is 0.656. The lowest BCUT2D eigenvalue weighted by atomic mass is 10.2. The highest BCUT2D eigenvalue weighted by molar-refractivity contribution is 9.10. The molecule has 3 nitrogen and oxygen atoms in total. The minimum Gasteiger partial charge on any atom is -0.472 e. The van der Waals surface area contributed by atoms with Gasteiger partial charge in [-0.25, -0.2) is 4.98 Å². The number of pyridine rings is 1. The van der Waals surface area contributed by atoms with Gasteiger partial charge in [-0.15, -0.1) is 0 Å². The lowest BCUT2D eigenvalue weighted by Gasteiger charge is -2.17. The summed E-state index contributed by atoms with van der Waals surface area (Å²) >= 11 is 3.45. The van der Waals surface area contributed by atoms with Gasteiger partial charge in [0.05, 0.1) is 4.47 Å². The van der Waals surface area contributed by atoms with Crippen molar-refractivity contribution in [1.82, 2.24) is 4.98 Å². The van der Waals surface area contributed by atoms with Crippen molar-refractivity contribution in [2.75, 3.05) is 0 Å². The minimum absolute atomic E-state index is 0.122. The molecule has 1 fully saturated rings. The second kappa shape index (κ2) is 4.49. The third-order valence-electron chi connectivity index (χ3n) is 2.71. The van der Waals surface area contributed by atoms with E-state index in [9.17, 15) is 0 Å². The molecule has 82 valence electrons. The lowest BCUT2D eigenvalue weighted by Crippen LogP contribution is -2.33. The molecule has 0 radical (unpaired) electrons. The Kier molecular flexibility index (Phi) is 3.26. The number of nitrogens with zero attached hydrogens (tertiary/aromatic N) is 1. The first-order valence-electron chi connectivity index (χ1n) is 5.21. The summed E-state index contributed by atoms with van der Waals surface area (Å²) in [6.45, 7) is 2.00. The van der Waals surface area contributed by atoms with Crippen LogP contribution in [0, 0.1) is 6.92 Å². The van der Waals surface area contributed by atoms with Crippen LogP contribution in [0.15, 0.2) is 16.7 Å². The predicted octanol–water partition coefficient (Wildman–Crippen LogP) is 2.41. The number of halogens is 1. The summed E-state index contributed by atoms with van der Waals surface area (Å²) in [6.07, 6.45) is 5.16. The van der Waals surface area contributed by atoms with Crippen LogP contribution in [-0.2, 0) is 0 Å². The SMILES string of the molecule is Cc1cnc(OC2CCCC2N)c(Br)c1. The van der Waals surface area contributed by atoms with Crippen molar-refractivity contribution in [2.24, 2.45) is 5.73 Å². The Hall–Kier alpha value is -0.610. The van der Waals surface area contributed by atoms with Crippen molar-refractivity contribution < 1.29 is 4.74 Å². The Balaban J connectivity index is 2.10. The van der Waals surface area contributed by atoms with Crippen LogP contribution in [0.4, 0.5) is 0 Å². The molecule has 1 aliphatic carbocycles. The van der Waals surface area contributed by atoms with Crippen molar-refractivity contribution in [1.29, 1.82) is 0 Å². The van der Waals surface area contributed by atoms with Gasteiger partial charge in [0.2, 0.25) is 5.88 Å². The third-order valence-corrected chi connectivity index (χ3v) is 3.28. The van der Waals surface area contributed by atoms with Gasteiger partial charge in [0.25, 0.3) is 0 Å². The number of hydrogen-bond acceptors (Lipinski definition) is 3. The summed E-state index contributed by atoms with van der Waals surface area (Å²) < 4.78 is 6.69. The summed E-state index contributed by atoms with van der Waals surface area (Å²) in [4.78, 5) is 4.25. The van der Waals surface area contributed by atoms with E-state index in [-0.39, 0.29) is 12.1 Å². The molecule has 1 aromatic heterocycles. The molecule has 15 heavy (non-hydrogen) atoms. The van der Waals surface area contributed by atoms with Crippen LogP contribution in [0.25, 0.3) is 0 Å². The average Bonchev–Trinajstić information content (AvgIpc) is 2.57. The van der Waals surface area contributed by atoms with Crippen LogP contribution < -0.4 is 10.5 Å². The van der Waals surface area contributed by atoms with Crippen LogP contribution in [0.5, 0.6) is 5.88 Å². The Labute approximate surface area is 98.2 Å². The van der Waals surface area contributed by atoms with Crippen molar-refractivity contribution in [3.8, 4) is 5.88 Å². The molecule has 2 atom stereocenters. The first-order chi connectivity index (χ1) is 7.16. The van der Waals surface area contributed by atoms with Crippen LogP contribution in [0.3, 0.4) is 0 Å². The maximum atomic E-state index is 5.94. The number of rotatable bonds is 2. The molecule has 0 bridgehead atoms. The third kappa shape index (κ3) is 2.49. The van der Waals surface area contributed by atoms with E-state index >= 15 is 0 Å². The highest BCUT2D eigenvalue weighted by Crippen LogP contribution is 2.28. The van der Waals surface area contributed by atoms with Crippen molar-refractivity contribution in [2.45, 2.75) is 38.3 Å². The molecule has 0 saturated heterocycles. The van der Waals surface area contributed by atoms with E-state index in [1.54, 1.807) is 6.20 Å². The van der Waals surface area contributed by atoms with Gasteiger partial charge in [-0.1, -0.05) is 0 Å². The molecule has 1 aliphatic rings. The fourth-order valence-electron chi connectivity index (χ4n) is 1.85. The van der Waals surface area contributed by atoms with Gasteiger partial charge < -0.3 is 10.5 Å². The molecule has 0 spiro atoms. The van der Waals surface area contributed by atoms with Crippen LogP contribution in [0.1, 0.15) is 24.8 Å². The fourth-order valence-corrected chi connectivity index (χ4v) is 2.41. The zero-order valence-electron chi connectivity index (χ0n) is 8.74. The number of hydrogen-bond donors (Lipinski definition) is 1. The van der Waals surface area contributed by atoms with E-state index in [1.807, 2.05) is 13.0 Å². The zero-order valence-corrected chi connectivity index (χ0v) is 10.3. The van der Waals surface area contributed by atoms with E-state index in [0.29, 0.717) is 5.88 Å². The maximum absolute atomic E-state index is 5.94. The van der Waals surface area contributed by atoms with Gasteiger partial charge in [0.1, 0.15) is 6.10 Å². The van der Waals surface area contributed by atoms with Crippen LogP contribution >= 0.6 is 15.9 Å². The second-order valence-corrected chi connectivity index (χ2v) is 4.91. The molecule has 0 aliphatic heterocycles. The van der Waals surface area contributed by atoms with E-state index < -0.39 is 0 Å². The number of aryl methyl sites for hydroxylation is 1. The maximum Gasteiger partial charge on any atom is 0.228 e. The summed E-state index contributed by atoms with van der Waals surface area (Å²) in [5.41, 5.74) is 7.05. The standard InChI is InChI=1S/C11H15BrN2O/c1-7-5-8(12)11(14-6-7)15-10-4-2-3-9(10)13/h5-6,9-10H,2-4,13H2,1H3. The van der Waals surface area contributed by atoms with Crippen LogP contribution in [-0.4, -0.2) is 17.1 Å². The molecule has 0 amide bonds. The molecule has 1 saturated carbocycles. The quantitative estimate of drug-likeness (QED) is 0.898. The van der Waals surface area contributed by atoms with E-state index in [4.69, 9.17) is 10.5 Å². The Morgan fingerprint density at radius 3 is 2.93 bits per heavy atom. The van der Waals surface area contributed by atoms with E-state index in [1.165, 1.54) is 0 Å². The average molecular weight is 271 g/mol. The Morgan fingerprint density at radius 2 is 2.33 bits per heavy atom. The first kappa shape index (κ1) is 10.9. The molecule has 2 N–H and O–H groups in total. The highest BCUT2D eigenvalue weighted by atomic mass is 79.9. The van der Waals surface area contributed by atoms with Gasteiger partial charge in [0, 0.05) is 12.2 Å². The first-order valence-corrected chi connectivity index (χ1v) is 6.00. The molecule has 2 unspecified atom stereocenters. The monoisotopic (exact) mass is 270 g/mol. The summed E-state index contributed by atoms with van der Waals surface area (Å²) in [5, 5.41) is 0. The Bertz CT molecular complexity index is 356. The molecular formula is C11H15BrN2O. The number of ether oxygens (including phenoxy) is 1. The molecule has 1 heterocycles. The van der Waals surface area contributed by atoms with Gasteiger partial charge in [-0.05, 0) is 53.7 Å². The molecule has 0 aromatic carbocycles. The number of nitrogens with two attached hydrogens (primary N) is 1. The second-order valence-electron chi connectivity index (χ2n) is 4.05. The molecule has 2 rings (SSSR count). The van der Waals surface area contributed by atoms with Gasteiger partial charge >= 0.3 is 0 Å².